The Bertz CT molecular complexity index is 892. The number of carbonyl (C=O) groups is 2. The molecule has 0 spiro atoms. The van der Waals surface area contributed by atoms with Crippen LogP contribution in [0.5, 0.6) is 0 Å². The van der Waals surface area contributed by atoms with Crippen LogP contribution in [0.3, 0.4) is 0 Å². The van der Waals surface area contributed by atoms with Crippen molar-refractivity contribution in [3.8, 4) is 11.5 Å². The van der Waals surface area contributed by atoms with E-state index in [1.54, 1.807) is 20.0 Å². The highest BCUT2D eigenvalue weighted by Crippen LogP contribution is 2.27. The average molecular weight is 341 g/mol. The van der Waals surface area contributed by atoms with Crippen molar-refractivity contribution < 1.29 is 14.3 Å². The number of para-hydroxylation sites is 2. The van der Waals surface area contributed by atoms with Gasteiger partial charge >= 0.3 is 5.97 Å². The minimum Gasteiger partial charge on any atom is -0.465 e. The largest absolute Gasteiger partial charge is 0.465 e. The number of anilines is 1. The molecule has 8 heteroatoms. The summed E-state index contributed by atoms with van der Waals surface area (Å²) in [6, 6.07) is 7.62. The van der Waals surface area contributed by atoms with Gasteiger partial charge in [-0.05, 0) is 26.0 Å². The quantitative estimate of drug-likeness (QED) is 0.617. The number of hydrogen-bond acceptors (Lipinski definition) is 5. The van der Waals surface area contributed by atoms with Crippen LogP contribution in [0.15, 0.2) is 30.5 Å². The van der Waals surface area contributed by atoms with E-state index >= 15 is 0 Å². The number of ether oxygens (including phenoxy) is 1. The number of H-pyrrole nitrogens is 2. The second-order valence-corrected chi connectivity index (χ2v) is 6.37. The number of imidazole rings is 1. The number of nitrogens with zero attached hydrogens (tertiary/aromatic N) is 2. The summed E-state index contributed by atoms with van der Waals surface area (Å²) in [6.07, 6.45) is 1.59. The molecule has 3 N–H and O–H groups in total. The molecule has 8 nitrogen and oxygen atoms in total. The van der Waals surface area contributed by atoms with E-state index in [0.717, 1.165) is 11.0 Å². The Morgan fingerprint density at radius 3 is 2.76 bits per heavy atom. The lowest BCUT2D eigenvalue weighted by atomic mass is 9.93. The zero-order chi connectivity index (χ0) is 18.0. The normalized spacial score (nSPS) is 11.5. The van der Waals surface area contributed by atoms with Gasteiger partial charge in [0.05, 0.1) is 22.1 Å². The van der Waals surface area contributed by atoms with Crippen molar-refractivity contribution in [2.75, 3.05) is 11.9 Å². The molecule has 0 saturated heterocycles. The highest BCUT2D eigenvalue weighted by Gasteiger charge is 2.30. The van der Waals surface area contributed by atoms with Gasteiger partial charge in [0.1, 0.15) is 6.61 Å². The van der Waals surface area contributed by atoms with Crippen molar-refractivity contribution in [3.05, 3.63) is 30.5 Å². The van der Waals surface area contributed by atoms with Crippen LogP contribution in [0, 0.1) is 5.41 Å². The maximum Gasteiger partial charge on any atom is 0.302 e. The first-order chi connectivity index (χ1) is 11.9. The van der Waals surface area contributed by atoms with Crippen molar-refractivity contribution in [1.82, 2.24) is 20.2 Å². The third-order valence-corrected chi connectivity index (χ3v) is 3.75. The second kappa shape index (κ2) is 6.39. The molecule has 1 amide bonds. The molecule has 0 aliphatic rings. The van der Waals surface area contributed by atoms with E-state index in [0.29, 0.717) is 17.2 Å². The van der Waals surface area contributed by atoms with Gasteiger partial charge in [-0.2, -0.15) is 5.10 Å². The lowest BCUT2D eigenvalue weighted by molar-refractivity contribution is -0.146. The highest BCUT2D eigenvalue weighted by molar-refractivity contribution is 5.97. The van der Waals surface area contributed by atoms with Crippen LogP contribution in [0.2, 0.25) is 0 Å². The molecule has 0 saturated carbocycles. The van der Waals surface area contributed by atoms with Crippen LogP contribution < -0.4 is 5.32 Å². The molecule has 130 valence electrons. The van der Waals surface area contributed by atoms with Gasteiger partial charge in [-0.1, -0.05) is 12.1 Å². The van der Waals surface area contributed by atoms with Crippen molar-refractivity contribution in [1.29, 1.82) is 0 Å². The molecule has 2 aromatic heterocycles. The molecule has 0 radical (unpaired) electrons. The van der Waals surface area contributed by atoms with E-state index in [4.69, 9.17) is 4.74 Å². The van der Waals surface area contributed by atoms with Gasteiger partial charge in [0, 0.05) is 13.1 Å². The predicted molar refractivity (Wildman–Crippen MR) is 92.7 cm³/mol. The highest BCUT2D eigenvalue weighted by atomic mass is 16.5. The monoisotopic (exact) mass is 341 g/mol. The van der Waals surface area contributed by atoms with Crippen molar-refractivity contribution in [3.63, 3.8) is 0 Å². The predicted octanol–water partition coefficient (Wildman–Crippen LogP) is 2.48. The van der Waals surface area contributed by atoms with Crippen molar-refractivity contribution in [2.24, 2.45) is 5.41 Å². The Labute approximate surface area is 144 Å². The number of aromatic amines is 2. The summed E-state index contributed by atoms with van der Waals surface area (Å²) in [7, 11) is 0. The minimum absolute atomic E-state index is 0.00795. The fraction of sp³-hybridized carbons (Fsp3) is 0.294. The standard InChI is InChI=1S/C17H19N5O3/c1-10(23)25-9-17(2,3)16(24)21-13-8-18-22-14(13)15-19-11-6-4-5-7-12(11)20-15/h4-8H,9H2,1-3H3,(H,18,22)(H,19,20)(H,21,24). The summed E-state index contributed by atoms with van der Waals surface area (Å²) in [5.74, 6) is -0.157. The molecule has 0 fully saturated rings. The van der Waals surface area contributed by atoms with Crippen LogP contribution >= 0.6 is 0 Å². The van der Waals surface area contributed by atoms with Crippen molar-refractivity contribution >= 4 is 28.6 Å². The fourth-order valence-electron chi connectivity index (χ4n) is 2.27. The fourth-order valence-corrected chi connectivity index (χ4v) is 2.27. The first-order valence-electron chi connectivity index (χ1n) is 7.80. The Hall–Kier alpha value is -3.16. The molecule has 2 heterocycles. The summed E-state index contributed by atoms with van der Waals surface area (Å²) < 4.78 is 4.96. The third-order valence-electron chi connectivity index (χ3n) is 3.75. The zero-order valence-electron chi connectivity index (χ0n) is 14.2. The molecule has 1 aromatic carbocycles. The number of rotatable bonds is 5. The number of fused-ring (bicyclic) bond motifs is 1. The number of esters is 1. The maximum absolute atomic E-state index is 12.5. The summed E-state index contributed by atoms with van der Waals surface area (Å²) >= 11 is 0. The SMILES string of the molecule is CC(=O)OCC(C)(C)C(=O)Nc1c[nH]nc1-c1nc2ccccc2[nH]1. The third kappa shape index (κ3) is 3.52. The lowest BCUT2D eigenvalue weighted by Gasteiger charge is -2.22. The van der Waals surface area contributed by atoms with E-state index in [1.165, 1.54) is 6.92 Å². The second-order valence-electron chi connectivity index (χ2n) is 6.37. The molecule has 0 bridgehead atoms. The number of aromatic nitrogens is 4. The molecule has 0 atom stereocenters. The minimum atomic E-state index is -0.881. The van der Waals surface area contributed by atoms with E-state index in [1.807, 2.05) is 24.3 Å². The average Bonchev–Trinajstić information content (AvgIpc) is 3.18. The number of benzene rings is 1. The molecular weight excluding hydrogens is 322 g/mol. The zero-order valence-corrected chi connectivity index (χ0v) is 14.2. The smallest absolute Gasteiger partial charge is 0.302 e. The molecule has 0 aliphatic carbocycles. The number of hydrogen-bond donors (Lipinski definition) is 3. The maximum atomic E-state index is 12.5. The lowest BCUT2D eigenvalue weighted by Crippen LogP contribution is -2.35. The molecule has 0 unspecified atom stereocenters. The first-order valence-corrected chi connectivity index (χ1v) is 7.80. The van der Waals surface area contributed by atoms with Crippen LogP contribution in [-0.2, 0) is 14.3 Å². The Balaban J connectivity index is 1.82. The Kier molecular flexibility index (Phi) is 4.26. The van der Waals surface area contributed by atoms with Gasteiger partial charge in [-0.15, -0.1) is 0 Å². The van der Waals surface area contributed by atoms with E-state index in [2.05, 4.69) is 25.5 Å². The topological polar surface area (TPSA) is 113 Å². The van der Waals surface area contributed by atoms with Gasteiger partial charge in [-0.3, -0.25) is 14.7 Å². The van der Waals surface area contributed by atoms with E-state index < -0.39 is 11.4 Å². The summed E-state index contributed by atoms with van der Waals surface area (Å²) in [5, 5.41) is 9.72. The molecule has 0 aliphatic heterocycles. The Morgan fingerprint density at radius 2 is 2.04 bits per heavy atom. The van der Waals surface area contributed by atoms with Gasteiger partial charge in [0.2, 0.25) is 5.91 Å². The number of nitrogens with one attached hydrogen (secondary N) is 3. The van der Waals surface area contributed by atoms with Gasteiger partial charge in [0.15, 0.2) is 11.5 Å². The molecular formula is C17H19N5O3. The number of amides is 1. The van der Waals surface area contributed by atoms with Gasteiger partial charge < -0.3 is 15.0 Å². The molecule has 25 heavy (non-hydrogen) atoms. The first kappa shape index (κ1) is 16.7. The van der Waals surface area contributed by atoms with E-state index in [-0.39, 0.29) is 12.5 Å². The number of carbonyl (C=O) groups excluding carboxylic acids is 2. The molecule has 3 rings (SSSR count). The van der Waals surface area contributed by atoms with Crippen LogP contribution in [-0.4, -0.2) is 38.6 Å². The molecule has 3 aromatic rings. The van der Waals surface area contributed by atoms with Crippen LogP contribution in [0.1, 0.15) is 20.8 Å². The van der Waals surface area contributed by atoms with Crippen LogP contribution in [0.4, 0.5) is 5.69 Å². The van der Waals surface area contributed by atoms with Crippen LogP contribution in [0.25, 0.3) is 22.6 Å². The van der Waals surface area contributed by atoms with Gasteiger partial charge in [0.25, 0.3) is 0 Å². The summed E-state index contributed by atoms with van der Waals surface area (Å²) in [5.41, 5.74) is 1.82. The van der Waals surface area contributed by atoms with Gasteiger partial charge in [-0.25, -0.2) is 4.98 Å². The Morgan fingerprint density at radius 1 is 1.28 bits per heavy atom. The summed E-state index contributed by atoms with van der Waals surface area (Å²) in [4.78, 5) is 31.2. The summed E-state index contributed by atoms with van der Waals surface area (Å²) in [6.45, 7) is 4.70. The van der Waals surface area contributed by atoms with E-state index in [9.17, 15) is 9.59 Å². The van der Waals surface area contributed by atoms with Crippen molar-refractivity contribution in [2.45, 2.75) is 20.8 Å².